The summed E-state index contributed by atoms with van der Waals surface area (Å²) in [4.78, 5) is 21.4. The molecule has 1 N–H and O–H groups in total. The summed E-state index contributed by atoms with van der Waals surface area (Å²) in [7, 11) is 0. The molecule has 0 saturated carbocycles. The number of hydrogen-bond acceptors (Lipinski definition) is 5. The molecule has 0 saturated heterocycles. The van der Waals surface area contributed by atoms with Crippen LogP contribution >= 0.6 is 22.6 Å². The Hall–Kier alpha value is -2.23. The Morgan fingerprint density at radius 2 is 1.58 bits per heavy atom. The molecule has 7 nitrogen and oxygen atoms in total. The Bertz CT molecular complexity index is 798. The van der Waals surface area contributed by atoms with Crippen LogP contribution in [0.5, 0.6) is 0 Å². The highest BCUT2D eigenvalue weighted by Crippen LogP contribution is 2.41. The summed E-state index contributed by atoms with van der Waals surface area (Å²) in [5, 5.41) is 25.6. The van der Waals surface area contributed by atoms with Crippen molar-refractivity contribution in [1.82, 2.24) is 0 Å². The van der Waals surface area contributed by atoms with E-state index in [-0.39, 0.29) is 17.1 Å². The molecule has 0 unspecified atom stereocenters. The van der Waals surface area contributed by atoms with Gasteiger partial charge in [-0.05, 0) is 57.8 Å². The van der Waals surface area contributed by atoms with Crippen molar-refractivity contribution in [1.29, 1.82) is 0 Å². The molecule has 2 rings (SSSR count). The highest BCUT2D eigenvalue weighted by molar-refractivity contribution is 14.1. The fourth-order valence-electron chi connectivity index (χ4n) is 2.26. The number of nitro benzene ring substituents is 2. The lowest BCUT2D eigenvalue weighted by Gasteiger charge is -2.23. The molecule has 0 atom stereocenters. The Morgan fingerprint density at radius 1 is 1.00 bits per heavy atom. The minimum absolute atomic E-state index is 0.277. The third-order valence-corrected chi connectivity index (χ3v) is 4.15. The lowest BCUT2D eigenvalue weighted by Crippen LogP contribution is -2.15. The summed E-state index contributed by atoms with van der Waals surface area (Å²) in [5.74, 6) is 0. The van der Waals surface area contributed by atoms with Crippen LogP contribution in [0.1, 0.15) is 26.3 Å². The van der Waals surface area contributed by atoms with Gasteiger partial charge in [-0.25, -0.2) is 0 Å². The van der Waals surface area contributed by atoms with Gasteiger partial charge in [0.2, 0.25) is 0 Å². The van der Waals surface area contributed by atoms with E-state index in [0.717, 1.165) is 9.64 Å². The molecule has 0 bridgehead atoms. The largest absolute Gasteiger partial charge is 0.350 e. The first-order valence-electron chi connectivity index (χ1n) is 7.09. The van der Waals surface area contributed by atoms with Gasteiger partial charge < -0.3 is 5.32 Å². The molecule has 2 aromatic carbocycles. The third kappa shape index (κ3) is 3.99. The Kier molecular flexibility index (Phi) is 5.07. The highest BCUT2D eigenvalue weighted by atomic mass is 127. The number of nitrogens with one attached hydrogen (secondary N) is 1. The predicted octanol–water partition coefficient (Wildman–Crippen LogP) is 5.15. The molecule has 0 amide bonds. The van der Waals surface area contributed by atoms with Gasteiger partial charge in [0.25, 0.3) is 11.4 Å². The maximum absolute atomic E-state index is 11.5. The number of hydrogen-bond donors (Lipinski definition) is 1. The van der Waals surface area contributed by atoms with Crippen LogP contribution in [0.4, 0.5) is 22.7 Å². The molecule has 0 aliphatic heterocycles. The van der Waals surface area contributed by atoms with Gasteiger partial charge in [-0.2, -0.15) is 0 Å². The molecule has 24 heavy (non-hydrogen) atoms. The summed E-state index contributed by atoms with van der Waals surface area (Å²) in [6, 6.07) is 9.73. The number of halogens is 1. The van der Waals surface area contributed by atoms with Gasteiger partial charge in [0.1, 0.15) is 5.69 Å². The molecule has 0 radical (unpaired) electrons. The number of non-ortho nitro benzene ring substituents is 1. The quantitative estimate of drug-likeness (QED) is 0.402. The van der Waals surface area contributed by atoms with Crippen molar-refractivity contribution in [2.24, 2.45) is 0 Å². The first-order valence-corrected chi connectivity index (χ1v) is 8.17. The Labute approximate surface area is 152 Å². The molecule has 0 aliphatic carbocycles. The summed E-state index contributed by atoms with van der Waals surface area (Å²) in [5.41, 5.74) is 0.356. The monoisotopic (exact) mass is 441 g/mol. The van der Waals surface area contributed by atoms with E-state index < -0.39 is 15.3 Å². The summed E-state index contributed by atoms with van der Waals surface area (Å²) < 4.78 is 1.03. The third-order valence-electron chi connectivity index (χ3n) is 3.43. The number of anilines is 2. The number of benzene rings is 2. The van der Waals surface area contributed by atoms with Crippen LogP contribution in [0, 0.1) is 23.8 Å². The average molecular weight is 441 g/mol. The van der Waals surface area contributed by atoms with Gasteiger partial charge in [-0.1, -0.05) is 20.8 Å². The fraction of sp³-hybridized carbons (Fsp3) is 0.250. The van der Waals surface area contributed by atoms with Crippen molar-refractivity contribution in [2.75, 3.05) is 5.32 Å². The average Bonchev–Trinajstić information content (AvgIpc) is 2.48. The normalized spacial score (nSPS) is 11.2. The van der Waals surface area contributed by atoms with E-state index in [9.17, 15) is 20.2 Å². The first kappa shape index (κ1) is 18.1. The highest BCUT2D eigenvalue weighted by Gasteiger charge is 2.29. The minimum atomic E-state index is -0.614. The maximum atomic E-state index is 11.5. The topological polar surface area (TPSA) is 98.3 Å². The van der Waals surface area contributed by atoms with E-state index in [2.05, 4.69) is 27.9 Å². The van der Waals surface area contributed by atoms with Crippen LogP contribution in [-0.4, -0.2) is 9.85 Å². The number of nitrogens with zero attached hydrogens (tertiary/aromatic N) is 2. The van der Waals surface area contributed by atoms with Crippen LogP contribution in [0.15, 0.2) is 36.4 Å². The van der Waals surface area contributed by atoms with Crippen LogP contribution < -0.4 is 5.32 Å². The lowest BCUT2D eigenvalue weighted by atomic mass is 9.84. The zero-order valence-electron chi connectivity index (χ0n) is 13.4. The van der Waals surface area contributed by atoms with E-state index in [1.54, 1.807) is 12.1 Å². The second kappa shape index (κ2) is 6.71. The van der Waals surface area contributed by atoms with Crippen LogP contribution in [0.2, 0.25) is 0 Å². The zero-order valence-corrected chi connectivity index (χ0v) is 15.5. The van der Waals surface area contributed by atoms with Gasteiger partial charge in [0.15, 0.2) is 0 Å². The second-order valence-electron chi connectivity index (χ2n) is 6.28. The van der Waals surface area contributed by atoms with Gasteiger partial charge in [0, 0.05) is 15.3 Å². The van der Waals surface area contributed by atoms with E-state index >= 15 is 0 Å². The summed E-state index contributed by atoms with van der Waals surface area (Å²) in [6.45, 7) is 5.57. The SMILES string of the molecule is CC(C)(C)c1cc([N+](=O)[O-])cc([N+](=O)[O-])c1Nc1ccc(I)cc1. The minimum Gasteiger partial charge on any atom is -0.350 e. The van der Waals surface area contributed by atoms with Gasteiger partial charge in [-0.15, -0.1) is 0 Å². The lowest BCUT2D eigenvalue weighted by molar-refractivity contribution is -0.393. The van der Waals surface area contributed by atoms with Gasteiger partial charge >= 0.3 is 0 Å². The summed E-state index contributed by atoms with van der Waals surface area (Å²) >= 11 is 2.16. The predicted molar refractivity (Wildman–Crippen MR) is 101 cm³/mol. The smallest absolute Gasteiger partial charge is 0.299 e. The molecule has 8 heteroatoms. The van der Waals surface area contributed by atoms with E-state index in [1.165, 1.54) is 6.07 Å². The summed E-state index contributed by atoms with van der Waals surface area (Å²) in [6.07, 6.45) is 0. The fourth-order valence-corrected chi connectivity index (χ4v) is 2.62. The van der Waals surface area contributed by atoms with Gasteiger partial charge in [0.05, 0.1) is 15.9 Å². The van der Waals surface area contributed by atoms with Crippen LogP contribution in [0.3, 0.4) is 0 Å². The maximum Gasteiger partial charge on any atom is 0.299 e. The van der Waals surface area contributed by atoms with Crippen LogP contribution in [0.25, 0.3) is 0 Å². The van der Waals surface area contributed by atoms with Crippen molar-refractivity contribution >= 4 is 45.3 Å². The molecule has 0 heterocycles. The molecule has 0 spiro atoms. The second-order valence-corrected chi connectivity index (χ2v) is 7.53. The number of rotatable bonds is 4. The van der Waals surface area contributed by atoms with Crippen LogP contribution in [-0.2, 0) is 5.41 Å². The van der Waals surface area contributed by atoms with Crippen molar-refractivity contribution in [3.63, 3.8) is 0 Å². The van der Waals surface area contributed by atoms with Crippen molar-refractivity contribution in [2.45, 2.75) is 26.2 Å². The Balaban J connectivity index is 2.68. The Morgan fingerprint density at radius 3 is 2.04 bits per heavy atom. The molecular weight excluding hydrogens is 425 g/mol. The molecule has 0 aromatic heterocycles. The molecule has 2 aromatic rings. The standard InChI is InChI=1S/C16H16IN3O4/c1-16(2,3)13-8-12(19(21)22)9-14(20(23)24)15(13)18-11-6-4-10(17)5-7-11/h4-9,18H,1-3H3. The zero-order chi connectivity index (χ0) is 18.1. The van der Waals surface area contributed by atoms with E-state index in [4.69, 9.17) is 0 Å². The molecule has 0 fully saturated rings. The van der Waals surface area contributed by atoms with Gasteiger partial charge in [-0.3, -0.25) is 20.2 Å². The van der Waals surface area contributed by atoms with Crippen molar-refractivity contribution < 1.29 is 9.85 Å². The van der Waals surface area contributed by atoms with E-state index in [0.29, 0.717) is 11.3 Å². The molecule has 126 valence electrons. The number of nitro groups is 2. The van der Waals surface area contributed by atoms with Crippen molar-refractivity contribution in [3.05, 3.63) is 65.8 Å². The first-order chi connectivity index (χ1) is 11.1. The molecule has 0 aliphatic rings. The molecular formula is C16H16IN3O4. The van der Waals surface area contributed by atoms with E-state index in [1.807, 2.05) is 32.9 Å². The van der Waals surface area contributed by atoms with Crippen molar-refractivity contribution in [3.8, 4) is 0 Å².